The third-order valence-electron chi connectivity index (χ3n) is 3.38. The number of hydrogen-bond acceptors (Lipinski definition) is 1. The zero-order valence-electron chi connectivity index (χ0n) is 8.49. The summed E-state index contributed by atoms with van der Waals surface area (Å²) in [6, 6.07) is 0.176. The van der Waals surface area contributed by atoms with Crippen molar-refractivity contribution in [3.8, 4) is 0 Å². The van der Waals surface area contributed by atoms with E-state index in [1.807, 2.05) is 19.0 Å². The minimum absolute atomic E-state index is 0.176. The first-order valence-electron chi connectivity index (χ1n) is 5.14. The van der Waals surface area contributed by atoms with E-state index in [4.69, 9.17) is 0 Å². The molecule has 2 rings (SSSR count). The fraction of sp³-hybridized carbons (Fsp3) is 0.900. The molecular formula is C10H18N2O. The van der Waals surface area contributed by atoms with Gasteiger partial charge in [-0.05, 0) is 11.8 Å². The lowest BCUT2D eigenvalue weighted by molar-refractivity contribution is 0.0423. The first-order chi connectivity index (χ1) is 6.18. The number of hydrogen-bond donors (Lipinski definition) is 0. The number of urea groups is 1. The van der Waals surface area contributed by atoms with E-state index in [0.717, 1.165) is 24.9 Å². The van der Waals surface area contributed by atoms with Gasteiger partial charge in [-0.2, -0.15) is 0 Å². The van der Waals surface area contributed by atoms with Crippen LogP contribution in [0.25, 0.3) is 0 Å². The highest BCUT2D eigenvalue weighted by Crippen LogP contribution is 2.38. The summed E-state index contributed by atoms with van der Waals surface area (Å²) in [4.78, 5) is 15.1. The molecule has 3 heteroatoms. The molecule has 0 aromatic heterocycles. The number of amides is 2. The minimum Gasteiger partial charge on any atom is -0.331 e. The van der Waals surface area contributed by atoms with E-state index in [9.17, 15) is 4.79 Å². The van der Waals surface area contributed by atoms with E-state index in [1.165, 1.54) is 19.3 Å². The van der Waals surface area contributed by atoms with Gasteiger partial charge in [0.25, 0.3) is 0 Å². The summed E-state index contributed by atoms with van der Waals surface area (Å²) >= 11 is 0. The van der Waals surface area contributed by atoms with Gasteiger partial charge in [0.15, 0.2) is 0 Å². The van der Waals surface area contributed by atoms with Gasteiger partial charge in [-0.15, -0.1) is 0 Å². The number of carbonyl (C=O) groups excluding carboxylic acids is 1. The second-order valence-corrected chi connectivity index (χ2v) is 4.53. The molecule has 1 aliphatic heterocycles. The third kappa shape index (κ3) is 1.52. The Hall–Kier alpha value is -0.730. The standard InChI is InChI=1S/C10H18N2O/c1-11(2)10(13)12-6-9(7-12)8-4-3-5-8/h8-9H,3-7H2,1-2H3. The Balaban J connectivity index is 1.74. The normalized spacial score (nSPS) is 23.7. The van der Waals surface area contributed by atoms with Crippen molar-refractivity contribution in [1.82, 2.24) is 9.80 Å². The van der Waals surface area contributed by atoms with Crippen molar-refractivity contribution in [2.24, 2.45) is 11.8 Å². The number of rotatable bonds is 1. The Labute approximate surface area is 79.7 Å². The van der Waals surface area contributed by atoms with E-state index >= 15 is 0 Å². The van der Waals surface area contributed by atoms with Crippen LogP contribution in [0.15, 0.2) is 0 Å². The van der Waals surface area contributed by atoms with Crippen molar-refractivity contribution in [1.29, 1.82) is 0 Å². The molecule has 0 aromatic carbocycles. The SMILES string of the molecule is CN(C)C(=O)N1CC(C2CCC2)C1. The molecule has 2 fully saturated rings. The van der Waals surface area contributed by atoms with Crippen molar-refractivity contribution in [2.75, 3.05) is 27.2 Å². The van der Waals surface area contributed by atoms with E-state index in [-0.39, 0.29) is 6.03 Å². The Morgan fingerprint density at radius 2 is 1.85 bits per heavy atom. The van der Waals surface area contributed by atoms with Gasteiger partial charge in [0, 0.05) is 27.2 Å². The average Bonchev–Trinajstić information content (AvgIpc) is 1.90. The molecule has 2 amide bonds. The molecule has 1 saturated carbocycles. The summed E-state index contributed by atoms with van der Waals surface area (Å²) in [5.41, 5.74) is 0. The summed E-state index contributed by atoms with van der Waals surface area (Å²) < 4.78 is 0. The molecule has 1 aliphatic carbocycles. The van der Waals surface area contributed by atoms with Crippen LogP contribution < -0.4 is 0 Å². The maximum absolute atomic E-state index is 11.5. The maximum atomic E-state index is 11.5. The molecule has 0 radical (unpaired) electrons. The summed E-state index contributed by atoms with van der Waals surface area (Å²) in [7, 11) is 3.64. The average molecular weight is 182 g/mol. The Morgan fingerprint density at radius 3 is 2.23 bits per heavy atom. The van der Waals surface area contributed by atoms with E-state index < -0.39 is 0 Å². The fourth-order valence-corrected chi connectivity index (χ4v) is 2.16. The lowest BCUT2D eigenvalue weighted by Crippen LogP contribution is -2.56. The van der Waals surface area contributed by atoms with E-state index in [1.54, 1.807) is 4.90 Å². The van der Waals surface area contributed by atoms with Crippen molar-refractivity contribution < 1.29 is 4.79 Å². The molecule has 0 bridgehead atoms. The molecule has 0 aromatic rings. The van der Waals surface area contributed by atoms with Crippen LogP contribution in [0.1, 0.15) is 19.3 Å². The molecule has 2 aliphatic rings. The van der Waals surface area contributed by atoms with Gasteiger partial charge in [0.2, 0.25) is 0 Å². The summed E-state index contributed by atoms with van der Waals surface area (Å²) in [6.45, 7) is 2.00. The lowest BCUT2D eigenvalue weighted by atomic mass is 9.73. The molecule has 74 valence electrons. The summed E-state index contributed by atoms with van der Waals surface area (Å²) in [6.07, 6.45) is 4.20. The summed E-state index contributed by atoms with van der Waals surface area (Å²) in [5, 5.41) is 0. The van der Waals surface area contributed by atoms with Crippen LogP contribution in [-0.2, 0) is 0 Å². The van der Waals surface area contributed by atoms with Crippen LogP contribution in [0.2, 0.25) is 0 Å². The molecule has 0 atom stereocenters. The van der Waals surface area contributed by atoms with Gasteiger partial charge in [0.05, 0.1) is 0 Å². The highest BCUT2D eigenvalue weighted by Gasteiger charge is 2.38. The topological polar surface area (TPSA) is 23.6 Å². The minimum atomic E-state index is 0.176. The predicted molar refractivity (Wildman–Crippen MR) is 51.5 cm³/mol. The van der Waals surface area contributed by atoms with Crippen LogP contribution in [0.4, 0.5) is 4.79 Å². The zero-order valence-corrected chi connectivity index (χ0v) is 8.49. The largest absolute Gasteiger partial charge is 0.331 e. The molecule has 0 spiro atoms. The van der Waals surface area contributed by atoms with E-state index in [0.29, 0.717) is 0 Å². The van der Waals surface area contributed by atoms with Gasteiger partial charge in [0.1, 0.15) is 0 Å². The highest BCUT2D eigenvalue weighted by molar-refractivity contribution is 5.74. The van der Waals surface area contributed by atoms with Crippen LogP contribution in [0.3, 0.4) is 0 Å². The van der Waals surface area contributed by atoms with Gasteiger partial charge >= 0.3 is 6.03 Å². The monoisotopic (exact) mass is 182 g/mol. The molecule has 0 unspecified atom stereocenters. The molecule has 0 N–H and O–H groups in total. The van der Waals surface area contributed by atoms with Gasteiger partial charge < -0.3 is 9.80 Å². The van der Waals surface area contributed by atoms with E-state index in [2.05, 4.69) is 0 Å². The predicted octanol–water partition coefficient (Wildman–Crippen LogP) is 1.40. The van der Waals surface area contributed by atoms with Gasteiger partial charge in [-0.1, -0.05) is 19.3 Å². The van der Waals surface area contributed by atoms with Crippen LogP contribution in [-0.4, -0.2) is 43.0 Å². The third-order valence-corrected chi connectivity index (χ3v) is 3.38. The van der Waals surface area contributed by atoms with Gasteiger partial charge in [-0.25, -0.2) is 4.79 Å². The summed E-state index contributed by atoms with van der Waals surface area (Å²) in [5.74, 6) is 1.75. The Morgan fingerprint density at radius 1 is 1.23 bits per heavy atom. The smallest absolute Gasteiger partial charge is 0.319 e. The molecular weight excluding hydrogens is 164 g/mol. The van der Waals surface area contributed by atoms with Crippen molar-refractivity contribution in [3.05, 3.63) is 0 Å². The van der Waals surface area contributed by atoms with Crippen molar-refractivity contribution in [2.45, 2.75) is 19.3 Å². The second-order valence-electron chi connectivity index (χ2n) is 4.53. The first-order valence-corrected chi connectivity index (χ1v) is 5.14. The molecule has 13 heavy (non-hydrogen) atoms. The number of likely N-dealkylation sites (tertiary alicyclic amines) is 1. The lowest BCUT2D eigenvalue weighted by Gasteiger charge is -2.47. The number of carbonyl (C=O) groups is 1. The first kappa shape index (κ1) is 8.85. The maximum Gasteiger partial charge on any atom is 0.319 e. The second kappa shape index (κ2) is 3.20. The highest BCUT2D eigenvalue weighted by atomic mass is 16.2. The van der Waals surface area contributed by atoms with Crippen LogP contribution in [0.5, 0.6) is 0 Å². The van der Waals surface area contributed by atoms with Crippen LogP contribution in [0, 0.1) is 11.8 Å². The van der Waals surface area contributed by atoms with Crippen molar-refractivity contribution in [3.63, 3.8) is 0 Å². The Kier molecular flexibility index (Phi) is 2.18. The molecule has 1 heterocycles. The van der Waals surface area contributed by atoms with Crippen molar-refractivity contribution >= 4 is 6.03 Å². The van der Waals surface area contributed by atoms with Gasteiger partial charge in [-0.3, -0.25) is 0 Å². The Bertz CT molecular complexity index is 205. The molecule has 1 saturated heterocycles. The zero-order chi connectivity index (χ0) is 9.42. The van der Waals surface area contributed by atoms with Crippen LogP contribution >= 0.6 is 0 Å². The molecule has 3 nitrogen and oxygen atoms in total. The number of nitrogens with zero attached hydrogens (tertiary/aromatic N) is 2. The quantitative estimate of drug-likeness (QED) is 0.601. The fourth-order valence-electron chi connectivity index (χ4n) is 2.16.